The summed E-state index contributed by atoms with van der Waals surface area (Å²) in [5.41, 5.74) is 1.91. The molecule has 3 rings (SSSR count). The number of ether oxygens (including phenoxy) is 1. The number of hydrogen-bond donors (Lipinski definition) is 2. The molecule has 0 saturated carbocycles. The summed E-state index contributed by atoms with van der Waals surface area (Å²) in [5.74, 6) is 1.15. The molecule has 0 amide bonds. The molecule has 2 aromatic carbocycles. The van der Waals surface area contributed by atoms with Crippen molar-refractivity contribution in [1.82, 2.24) is 10.6 Å². The minimum absolute atomic E-state index is 0. The van der Waals surface area contributed by atoms with Crippen molar-refractivity contribution in [2.24, 2.45) is 4.99 Å². The van der Waals surface area contributed by atoms with Crippen LogP contribution in [0.2, 0.25) is 0 Å². The molecule has 2 aromatic rings. The van der Waals surface area contributed by atoms with Crippen molar-refractivity contribution in [3.05, 3.63) is 59.4 Å². The summed E-state index contributed by atoms with van der Waals surface area (Å²) in [6, 6.07) is 14.6. The lowest BCUT2D eigenvalue weighted by Gasteiger charge is -2.22. The van der Waals surface area contributed by atoms with E-state index in [4.69, 9.17) is 10.00 Å². The van der Waals surface area contributed by atoms with Gasteiger partial charge in [-0.05, 0) is 43.7 Å². The monoisotopic (exact) mass is 523 g/mol. The predicted molar refractivity (Wildman–Crippen MR) is 128 cm³/mol. The van der Waals surface area contributed by atoms with Crippen LogP contribution in [0.3, 0.4) is 0 Å². The van der Waals surface area contributed by atoms with Gasteiger partial charge in [-0.3, -0.25) is 0 Å². The normalized spacial score (nSPS) is 15.9. The number of hydrogen-bond acceptors (Lipinski definition) is 4. The first-order chi connectivity index (χ1) is 14.1. The second-order valence-electron chi connectivity index (χ2n) is 6.86. The highest BCUT2D eigenvalue weighted by molar-refractivity contribution is 14.0. The SMILES string of the molecule is CCNC(=NCc1cc(C#N)ccc1F)NC1CCN(c2ccccc2OC)C1.I. The lowest BCUT2D eigenvalue weighted by molar-refractivity contribution is 0.415. The van der Waals surface area contributed by atoms with Gasteiger partial charge in [-0.25, -0.2) is 9.38 Å². The van der Waals surface area contributed by atoms with Gasteiger partial charge in [0.05, 0.1) is 31.0 Å². The third kappa shape index (κ3) is 5.98. The van der Waals surface area contributed by atoms with Crippen LogP contribution >= 0.6 is 24.0 Å². The third-order valence-corrected chi connectivity index (χ3v) is 4.88. The van der Waals surface area contributed by atoms with Gasteiger partial charge in [0.2, 0.25) is 0 Å². The molecule has 1 heterocycles. The number of aliphatic imine (C=N–C) groups is 1. The second kappa shape index (κ2) is 11.6. The van der Waals surface area contributed by atoms with E-state index in [1.165, 1.54) is 12.1 Å². The molecule has 30 heavy (non-hydrogen) atoms. The Morgan fingerprint density at radius 3 is 2.87 bits per heavy atom. The van der Waals surface area contributed by atoms with Crippen LogP contribution in [0.25, 0.3) is 0 Å². The summed E-state index contributed by atoms with van der Waals surface area (Å²) in [7, 11) is 1.68. The molecule has 6 nitrogen and oxygen atoms in total. The Bertz CT molecular complexity index is 915. The summed E-state index contributed by atoms with van der Waals surface area (Å²) in [5, 5.41) is 15.7. The number of rotatable bonds is 6. The van der Waals surface area contributed by atoms with Gasteiger partial charge in [-0.2, -0.15) is 5.26 Å². The van der Waals surface area contributed by atoms with Crippen LogP contribution in [0.1, 0.15) is 24.5 Å². The first kappa shape index (κ1) is 23.7. The quantitative estimate of drug-likeness (QED) is 0.344. The van der Waals surface area contributed by atoms with Gasteiger partial charge >= 0.3 is 0 Å². The lowest BCUT2D eigenvalue weighted by atomic mass is 10.1. The van der Waals surface area contributed by atoms with Gasteiger partial charge in [0.1, 0.15) is 11.6 Å². The van der Waals surface area contributed by atoms with Crippen LogP contribution in [-0.4, -0.2) is 38.7 Å². The number of halogens is 2. The van der Waals surface area contributed by atoms with E-state index >= 15 is 0 Å². The molecule has 1 atom stereocenters. The molecule has 1 fully saturated rings. The van der Waals surface area contributed by atoms with Crippen molar-refractivity contribution in [3.8, 4) is 11.8 Å². The third-order valence-electron chi connectivity index (χ3n) is 4.88. The van der Waals surface area contributed by atoms with Crippen molar-refractivity contribution >= 4 is 35.6 Å². The van der Waals surface area contributed by atoms with Gasteiger partial charge in [-0.15, -0.1) is 24.0 Å². The fourth-order valence-corrected chi connectivity index (χ4v) is 3.43. The van der Waals surface area contributed by atoms with Gasteiger partial charge in [-0.1, -0.05) is 12.1 Å². The topological polar surface area (TPSA) is 72.7 Å². The molecule has 0 bridgehead atoms. The zero-order chi connectivity index (χ0) is 20.6. The van der Waals surface area contributed by atoms with Crippen molar-refractivity contribution in [2.45, 2.75) is 25.9 Å². The number of nitrogens with one attached hydrogen (secondary N) is 2. The van der Waals surface area contributed by atoms with Crippen LogP contribution in [0.4, 0.5) is 10.1 Å². The Kier molecular flexibility index (Phi) is 9.17. The summed E-state index contributed by atoms with van der Waals surface area (Å²) in [6.07, 6.45) is 0.959. The van der Waals surface area contributed by atoms with Crippen LogP contribution < -0.4 is 20.3 Å². The van der Waals surface area contributed by atoms with Gasteiger partial charge < -0.3 is 20.3 Å². The maximum atomic E-state index is 14.0. The second-order valence-corrected chi connectivity index (χ2v) is 6.86. The molecule has 2 N–H and O–H groups in total. The summed E-state index contributed by atoms with van der Waals surface area (Å²) < 4.78 is 19.5. The van der Waals surface area contributed by atoms with Crippen molar-refractivity contribution in [3.63, 3.8) is 0 Å². The molecule has 160 valence electrons. The van der Waals surface area contributed by atoms with E-state index in [0.29, 0.717) is 23.6 Å². The van der Waals surface area contributed by atoms with E-state index in [-0.39, 0.29) is 42.4 Å². The van der Waals surface area contributed by atoms with E-state index in [1.54, 1.807) is 13.2 Å². The first-order valence-electron chi connectivity index (χ1n) is 9.76. The fraction of sp³-hybridized carbons (Fsp3) is 0.364. The lowest BCUT2D eigenvalue weighted by Crippen LogP contribution is -2.44. The standard InChI is InChI=1S/C22H26FN5O.HI/c1-3-25-22(26-14-17-12-16(13-24)8-9-19(17)23)27-18-10-11-28(15-18)20-6-4-5-7-21(20)29-2;/h4-9,12,18H,3,10-11,14-15H2,1-2H3,(H2,25,26,27);1H. The van der Waals surface area contributed by atoms with Gasteiger partial charge in [0.25, 0.3) is 0 Å². The zero-order valence-electron chi connectivity index (χ0n) is 17.2. The molecule has 0 aliphatic carbocycles. The molecule has 0 spiro atoms. The molecular formula is C22H27FIN5O. The minimum atomic E-state index is -0.355. The van der Waals surface area contributed by atoms with Crippen LogP contribution in [0.15, 0.2) is 47.5 Å². The molecule has 1 aliphatic rings. The Morgan fingerprint density at radius 2 is 2.13 bits per heavy atom. The first-order valence-corrected chi connectivity index (χ1v) is 9.76. The van der Waals surface area contributed by atoms with Gasteiger partial charge in [0.15, 0.2) is 5.96 Å². The zero-order valence-corrected chi connectivity index (χ0v) is 19.5. The van der Waals surface area contributed by atoms with Crippen LogP contribution in [0.5, 0.6) is 5.75 Å². The number of para-hydroxylation sites is 2. The van der Waals surface area contributed by atoms with Crippen molar-refractivity contribution in [2.75, 3.05) is 31.6 Å². The van der Waals surface area contributed by atoms with E-state index in [0.717, 1.165) is 30.9 Å². The molecule has 1 unspecified atom stereocenters. The number of anilines is 1. The number of benzene rings is 2. The maximum absolute atomic E-state index is 14.0. The van der Waals surface area contributed by atoms with E-state index in [1.807, 2.05) is 31.2 Å². The fourth-order valence-electron chi connectivity index (χ4n) is 3.43. The Balaban J connectivity index is 0.00000320. The number of methoxy groups -OCH3 is 1. The molecule has 8 heteroatoms. The van der Waals surface area contributed by atoms with Crippen LogP contribution in [-0.2, 0) is 6.54 Å². The smallest absolute Gasteiger partial charge is 0.191 e. The number of nitrogens with zero attached hydrogens (tertiary/aromatic N) is 3. The van der Waals surface area contributed by atoms with E-state index in [9.17, 15) is 4.39 Å². The van der Waals surface area contributed by atoms with Crippen LogP contribution in [0, 0.1) is 17.1 Å². The van der Waals surface area contributed by atoms with E-state index < -0.39 is 0 Å². The highest BCUT2D eigenvalue weighted by Crippen LogP contribution is 2.30. The summed E-state index contributed by atoms with van der Waals surface area (Å²) >= 11 is 0. The largest absolute Gasteiger partial charge is 0.495 e. The molecule has 0 radical (unpaired) electrons. The van der Waals surface area contributed by atoms with Crippen molar-refractivity contribution < 1.29 is 9.13 Å². The predicted octanol–water partition coefficient (Wildman–Crippen LogP) is 3.66. The Morgan fingerprint density at radius 1 is 1.33 bits per heavy atom. The average molecular weight is 523 g/mol. The Labute approximate surface area is 194 Å². The molecule has 0 aromatic heterocycles. The molecular weight excluding hydrogens is 496 g/mol. The highest BCUT2D eigenvalue weighted by atomic mass is 127. The summed E-state index contributed by atoms with van der Waals surface area (Å²) in [6.45, 7) is 4.60. The van der Waals surface area contributed by atoms with Gasteiger partial charge in [0, 0.05) is 31.2 Å². The minimum Gasteiger partial charge on any atom is -0.495 e. The maximum Gasteiger partial charge on any atom is 0.191 e. The highest BCUT2D eigenvalue weighted by Gasteiger charge is 2.25. The van der Waals surface area contributed by atoms with E-state index in [2.05, 4.69) is 26.6 Å². The van der Waals surface area contributed by atoms with Crippen molar-refractivity contribution in [1.29, 1.82) is 5.26 Å². The number of guanidine groups is 1. The summed E-state index contributed by atoms with van der Waals surface area (Å²) in [4.78, 5) is 6.80. The molecule has 1 aliphatic heterocycles. The Hall–Kier alpha value is -2.54. The molecule has 1 saturated heterocycles. The number of nitriles is 1. The average Bonchev–Trinajstić information content (AvgIpc) is 3.21.